The summed E-state index contributed by atoms with van der Waals surface area (Å²) in [5.74, 6) is 0. The zero-order chi connectivity index (χ0) is 7.40. The van der Waals surface area contributed by atoms with Crippen LogP contribution in [0.3, 0.4) is 0 Å². The molecule has 1 aliphatic carbocycles. The van der Waals surface area contributed by atoms with E-state index in [1.165, 1.54) is 25.7 Å². The first-order chi connectivity index (χ1) is 4.83. The molecule has 60 valence electrons. The molecule has 0 aromatic carbocycles. The van der Waals surface area contributed by atoms with Gasteiger partial charge in [-0.05, 0) is 26.0 Å². The van der Waals surface area contributed by atoms with Gasteiger partial charge in [-0.3, -0.25) is 0 Å². The minimum atomic E-state index is 0.642. The highest BCUT2D eigenvalue weighted by Gasteiger charge is 2.15. The molecule has 0 aromatic rings. The molecule has 0 aliphatic heterocycles. The Bertz CT molecular complexity index is 89.3. The summed E-state index contributed by atoms with van der Waals surface area (Å²) in [5, 5.41) is 4.23. The Morgan fingerprint density at radius 2 is 2.00 bits per heavy atom. The topological polar surface area (TPSA) is 12.0 Å². The second kappa shape index (κ2) is 4.24. The van der Waals surface area contributed by atoms with Crippen LogP contribution in [0, 0.1) is 0 Å². The zero-order valence-electron chi connectivity index (χ0n) is 6.89. The molecule has 0 spiro atoms. The summed E-state index contributed by atoms with van der Waals surface area (Å²) < 4.78 is 0. The Morgan fingerprint density at radius 3 is 2.50 bits per heavy atom. The molecule has 0 radical (unpaired) electrons. The Hall–Kier alpha value is 0.310. The van der Waals surface area contributed by atoms with Crippen molar-refractivity contribution in [3.05, 3.63) is 0 Å². The third-order valence-corrected chi connectivity index (χ3v) is 3.02. The highest BCUT2D eigenvalue weighted by molar-refractivity contribution is 7.99. The van der Waals surface area contributed by atoms with Gasteiger partial charge in [0.15, 0.2) is 0 Å². The summed E-state index contributed by atoms with van der Waals surface area (Å²) in [6.45, 7) is 2.24. The fourth-order valence-corrected chi connectivity index (χ4v) is 1.82. The number of nitrogens with one attached hydrogen (secondary N) is 1. The van der Waals surface area contributed by atoms with Crippen molar-refractivity contribution in [2.75, 3.05) is 6.26 Å². The Kier molecular flexibility index (Phi) is 3.57. The van der Waals surface area contributed by atoms with Gasteiger partial charge in [0.2, 0.25) is 0 Å². The third-order valence-electron chi connectivity index (χ3n) is 2.18. The van der Waals surface area contributed by atoms with Gasteiger partial charge in [-0.1, -0.05) is 12.8 Å². The van der Waals surface area contributed by atoms with Crippen molar-refractivity contribution in [1.82, 2.24) is 5.32 Å². The van der Waals surface area contributed by atoms with Crippen LogP contribution in [-0.2, 0) is 0 Å². The van der Waals surface area contributed by atoms with Crippen molar-refractivity contribution in [2.45, 2.75) is 44.0 Å². The molecular formula is C8H17NS. The lowest BCUT2D eigenvalue weighted by molar-refractivity contribution is 0.523. The van der Waals surface area contributed by atoms with E-state index < -0.39 is 0 Å². The van der Waals surface area contributed by atoms with Gasteiger partial charge in [0.25, 0.3) is 0 Å². The van der Waals surface area contributed by atoms with Gasteiger partial charge in [0, 0.05) is 6.04 Å². The van der Waals surface area contributed by atoms with Crippen LogP contribution in [-0.4, -0.2) is 17.7 Å². The SMILES string of the molecule is CSC(C)NC1CCCC1. The number of hydrogen-bond donors (Lipinski definition) is 1. The van der Waals surface area contributed by atoms with E-state index in [1.54, 1.807) is 0 Å². The second-order valence-corrected chi connectivity index (χ2v) is 4.20. The van der Waals surface area contributed by atoms with Crippen LogP contribution >= 0.6 is 11.8 Å². The van der Waals surface area contributed by atoms with E-state index in [4.69, 9.17) is 0 Å². The molecule has 1 rings (SSSR count). The van der Waals surface area contributed by atoms with Crippen LogP contribution in [0.25, 0.3) is 0 Å². The fourth-order valence-electron chi connectivity index (χ4n) is 1.49. The highest BCUT2D eigenvalue weighted by atomic mass is 32.2. The molecule has 1 saturated carbocycles. The van der Waals surface area contributed by atoms with Crippen molar-refractivity contribution in [2.24, 2.45) is 0 Å². The van der Waals surface area contributed by atoms with Gasteiger partial charge in [-0.15, -0.1) is 11.8 Å². The molecule has 10 heavy (non-hydrogen) atoms. The summed E-state index contributed by atoms with van der Waals surface area (Å²) >= 11 is 1.90. The lowest BCUT2D eigenvalue weighted by atomic mass is 10.2. The molecule has 1 aliphatic rings. The molecule has 1 nitrogen and oxygen atoms in total. The largest absolute Gasteiger partial charge is 0.303 e. The molecule has 1 unspecified atom stereocenters. The number of thioether (sulfide) groups is 1. The van der Waals surface area contributed by atoms with Gasteiger partial charge in [0.1, 0.15) is 0 Å². The predicted molar refractivity (Wildman–Crippen MR) is 48.4 cm³/mol. The first-order valence-corrected chi connectivity index (χ1v) is 5.40. The van der Waals surface area contributed by atoms with Crippen LogP contribution in [0.1, 0.15) is 32.6 Å². The van der Waals surface area contributed by atoms with Crippen LogP contribution in [0.15, 0.2) is 0 Å². The van der Waals surface area contributed by atoms with Crippen LogP contribution in [0.5, 0.6) is 0 Å². The molecule has 2 heteroatoms. The predicted octanol–water partition coefficient (Wildman–Crippen LogP) is 2.23. The molecule has 0 bridgehead atoms. The monoisotopic (exact) mass is 159 g/mol. The Labute approximate surface area is 68.0 Å². The highest BCUT2D eigenvalue weighted by Crippen LogP contribution is 2.19. The molecule has 1 fully saturated rings. The molecule has 0 heterocycles. The van der Waals surface area contributed by atoms with Crippen molar-refractivity contribution < 1.29 is 0 Å². The van der Waals surface area contributed by atoms with E-state index in [1.807, 2.05) is 11.8 Å². The van der Waals surface area contributed by atoms with Crippen LogP contribution in [0.4, 0.5) is 0 Å². The smallest absolute Gasteiger partial charge is 0.0502 e. The van der Waals surface area contributed by atoms with Gasteiger partial charge in [0.05, 0.1) is 5.37 Å². The quantitative estimate of drug-likeness (QED) is 0.634. The number of hydrogen-bond acceptors (Lipinski definition) is 2. The van der Waals surface area contributed by atoms with Crippen molar-refractivity contribution >= 4 is 11.8 Å². The van der Waals surface area contributed by atoms with E-state index in [-0.39, 0.29) is 0 Å². The number of rotatable bonds is 3. The molecule has 0 aromatic heterocycles. The van der Waals surface area contributed by atoms with E-state index >= 15 is 0 Å². The van der Waals surface area contributed by atoms with E-state index in [0.29, 0.717) is 5.37 Å². The summed E-state index contributed by atoms with van der Waals surface area (Å²) in [4.78, 5) is 0. The van der Waals surface area contributed by atoms with E-state index in [9.17, 15) is 0 Å². The van der Waals surface area contributed by atoms with Gasteiger partial charge in [-0.25, -0.2) is 0 Å². The Balaban J connectivity index is 2.11. The maximum absolute atomic E-state index is 3.59. The van der Waals surface area contributed by atoms with Crippen LogP contribution < -0.4 is 5.32 Å². The zero-order valence-corrected chi connectivity index (χ0v) is 7.71. The molecule has 0 saturated heterocycles. The summed E-state index contributed by atoms with van der Waals surface area (Å²) in [7, 11) is 0. The van der Waals surface area contributed by atoms with Crippen molar-refractivity contribution in [3.8, 4) is 0 Å². The fraction of sp³-hybridized carbons (Fsp3) is 1.00. The summed E-state index contributed by atoms with van der Waals surface area (Å²) in [6.07, 6.45) is 7.81. The lowest BCUT2D eigenvalue weighted by Crippen LogP contribution is -2.32. The molecular weight excluding hydrogens is 142 g/mol. The average molecular weight is 159 g/mol. The van der Waals surface area contributed by atoms with Gasteiger partial charge >= 0.3 is 0 Å². The minimum Gasteiger partial charge on any atom is -0.303 e. The molecule has 1 atom stereocenters. The standard InChI is InChI=1S/C8H17NS/c1-7(10-2)9-8-5-3-4-6-8/h7-9H,3-6H2,1-2H3. The third kappa shape index (κ3) is 2.51. The maximum atomic E-state index is 3.59. The average Bonchev–Trinajstić information content (AvgIpc) is 2.40. The normalized spacial score (nSPS) is 23.4. The van der Waals surface area contributed by atoms with E-state index in [0.717, 1.165) is 6.04 Å². The molecule has 0 amide bonds. The second-order valence-electron chi connectivity index (χ2n) is 3.03. The Morgan fingerprint density at radius 1 is 1.40 bits per heavy atom. The summed E-state index contributed by atoms with van der Waals surface area (Å²) in [6, 6.07) is 0.822. The van der Waals surface area contributed by atoms with Crippen molar-refractivity contribution in [3.63, 3.8) is 0 Å². The van der Waals surface area contributed by atoms with Gasteiger partial charge in [-0.2, -0.15) is 0 Å². The van der Waals surface area contributed by atoms with Gasteiger partial charge < -0.3 is 5.32 Å². The lowest BCUT2D eigenvalue weighted by Gasteiger charge is -2.16. The van der Waals surface area contributed by atoms with Crippen molar-refractivity contribution in [1.29, 1.82) is 0 Å². The first kappa shape index (κ1) is 8.41. The van der Waals surface area contributed by atoms with E-state index in [2.05, 4.69) is 18.5 Å². The first-order valence-electron chi connectivity index (χ1n) is 4.12. The summed E-state index contributed by atoms with van der Waals surface area (Å²) in [5.41, 5.74) is 0. The minimum absolute atomic E-state index is 0.642. The molecule has 1 N–H and O–H groups in total. The van der Waals surface area contributed by atoms with Crippen LogP contribution in [0.2, 0.25) is 0 Å². The maximum Gasteiger partial charge on any atom is 0.0502 e.